The zero-order valence-corrected chi connectivity index (χ0v) is 12.4. The first-order valence-corrected chi connectivity index (χ1v) is 7.48. The zero-order chi connectivity index (χ0) is 15.8. The summed E-state index contributed by atoms with van der Waals surface area (Å²) in [6.07, 6.45) is 0. The van der Waals surface area contributed by atoms with Crippen molar-refractivity contribution >= 4 is 27.5 Å². The van der Waals surface area contributed by atoms with Crippen LogP contribution in [0.3, 0.4) is 0 Å². The van der Waals surface area contributed by atoms with Crippen molar-refractivity contribution in [3.63, 3.8) is 0 Å². The molecule has 2 nitrogen and oxygen atoms in total. The molecule has 4 rings (SSSR count). The van der Waals surface area contributed by atoms with Gasteiger partial charge in [-0.05, 0) is 50.9 Å². The molecule has 2 heteroatoms. The Kier molecular flexibility index (Phi) is 3.09. The van der Waals surface area contributed by atoms with E-state index in [1.54, 1.807) is 12.1 Å². The highest BCUT2D eigenvalue weighted by atomic mass is 16.4. The van der Waals surface area contributed by atoms with Crippen LogP contribution in [0.15, 0.2) is 78.9 Å². The van der Waals surface area contributed by atoms with Gasteiger partial charge < -0.3 is 5.11 Å². The van der Waals surface area contributed by atoms with E-state index in [0.717, 1.165) is 27.3 Å². The summed E-state index contributed by atoms with van der Waals surface area (Å²) in [7, 11) is 0. The Labute approximate surface area is 133 Å². The molecule has 0 unspecified atom stereocenters. The fourth-order valence-corrected chi connectivity index (χ4v) is 3.03. The van der Waals surface area contributed by atoms with Crippen LogP contribution in [0.5, 0.6) is 0 Å². The van der Waals surface area contributed by atoms with E-state index >= 15 is 0 Å². The van der Waals surface area contributed by atoms with Crippen LogP contribution in [0.25, 0.3) is 32.7 Å². The lowest BCUT2D eigenvalue weighted by atomic mass is 9.94. The van der Waals surface area contributed by atoms with Gasteiger partial charge in [0.15, 0.2) is 0 Å². The lowest BCUT2D eigenvalue weighted by Crippen LogP contribution is -1.97. The van der Waals surface area contributed by atoms with E-state index in [4.69, 9.17) is 0 Å². The lowest BCUT2D eigenvalue weighted by molar-refractivity contribution is 0.0697. The lowest BCUT2D eigenvalue weighted by Gasteiger charge is -2.10. The van der Waals surface area contributed by atoms with Gasteiger partial charge in [0.25, 0.3) is 0 Å². The van der Waals surface area contributed by atoms with Crippen molar-refractivity contribution < 1.29 is 9.90 Å². The summed E-state index contributed by atoms with van der Waals surface area (Å²) < 4.78 is 0. The molecule has 23 heavy (non-hydrogen) atoms. The van der Waals surface area contributed by atoms with E-state index in [-0.39, 0.29) is 0 Å². The van der Waals surface area contributed by atoms with Crippen LogP contribution in [0.4, 0.5) is 0 Å². The first-order chi connectivity index (χ1) is 11.2. The predicted molar refractivity (Wildman–Crippen MR) is 93.8 cm³/mol. The summed E-state index contributed by atoms with van der Waals surface area (Å²) in [4.78, 5) is 11.4. The first-order valence-electron chi connectivity index (χ1n) is 7.48. The summed E-state index contributed by atoms with van der Waals surface area (Å²) in [6.45, 7) is 0. The minimum absolute atomic E-state index is 0.312. The van der Waals surface area contributed by atoms with Gasteiger partial charge in [-0.1, -0.05) is 60.7 Å². The van der Waals surface area contributed by atoms with Crippen LogP contribution < -0.4 is 0 Å². The number of benzene rings is 4. The minimum Gasteiger partial charge on any atom is -0.478 e. The van der Waals surface area contributed by atoms with Gasteiger partial charge in [-0.2, -0.15) is 0 Å². The summed E-state index contributed by atoms with van der Waals surface area (Å²) in [6, 6.07) is 25.8. The molecule has 4 aromatic carbocycles. The summed E-state index contributed by atoms with van der Waals surface area (Å²) in [5, 5.41) is 13.7. The Morgan fingerprint density at radius 1 is 0.696 bits per heavy atom. The largest absolute Gasteiger partial charge is 0.478 e. The summed E-state index contributed by atoms with van der Waals surface area (Å²) >= 11 is 0. The number of carboxylic acid groups (broad SMARTS) is 1. The van der Waals surface area contributed by atoms with E-state index in [9.17, 15) is 9.90 Å². The molecule has 110 valence electrons. The third-order valence-electron chi connectivity index (χ3n) is 4.17. The molecule has 1 N–H and O–H groups in total. The molecule has 0 radical (unpaired) electrons. The third-order valence-corrected chi connectivity index (χ3v) is 4.17. The maximum absolute atomic E-state index is 11.4. The van der Waals surface area contributed by atoms with Gasteiger partial charge >= 0.3 is 5.97 Å². The molecule has 0 aliphatic rings. The fraction of sp³-hybridized carbons (Fsp3) is 0. The summed E-state index contributed by atoms with van der Waals surface area (Å²) in [5.74, 6) is -0.905. The average molecular weight is 298 g/mol. The van der Waals surface area contributed by atoms with Crippen LogP contribution >= 0.6 is 0 Å². The normalized spacial score (nSPS) is 11.0. The number of hydrogen-bond acceptors (Lipinski definition) is 1. The van der Waals surface area contributed by atoms with Gasteiger partial charge in [0.05, 0.1) is 5.56 Å². The van der Waals surface area contributed by atoms with Gasteiger partial charge in [-0.15, -0.1) is 0 Å². The van der Waals surface area contributed by atoms with Gasteiger partial charge in [-0.25, -0.2) is 4.79 Å². The second-order valence-corrected chi connectivity index (χ2v) is 5.61. The number of aromatic carboxylic acids is 1. The first kappa shape index (κ1) is 13.5. The van der Waals surface area contributed by atoms with E-state index in [1.165, 1.54) is 5.39 Å². The molecule has 0 aliphatic carbocycles. The van der Waals surface area contributed by atoms with Crippen LogP contribution in [-0.4, -0.2) is 11.1 Å². The number of hydrogen-bond donors (Lipinski definition) is 1. The topological polar surface area (TPSA) is 37.3 Å². The van der Waals surface area contributed by atoms with Crippen molar-refractivity contribution in [2.75, 3.05) is 0 Å². The molecule has 0 atom stereocenters. The zero-order valence-electron chi connectivity index (χ0n) is 12.4. The number of rotatable bonds is 2. The van der Waals surface area contributed by atoms with Crippen LogP contribution in [0.1, 0.15) is 10.4 Å². The molecule has 0 heterocycles. The molecule has 0 bridgehead atoms. The van der Waals surface area contributed by atoms with Crippen molar-refractivity contribution in [3.05, 3.63) is 84.4 Å². The van der Waals surface area contributed by atoms with Crippen molar-refractivity contribution in [1.82, 2.24) is 0 Å². The molecule has 0 aliphatic heterocycles. The van der Waals surface area contributed by atoms with Crippen molar-refractivity contribution in [2.45, 2.75) is 0 Å². The standard InChI is InChI=1S/C21H14O2/c22-21(23)18-12-16-7-3-4-8-19(16)20(13-18)17-10-9-14-5-1-2-6-15(14)11-17/h1-13H,(H,22,23). The van der Waals surface area contributed by atoms with Crippen molar-refractivity contribution in [3.8, 4) is 11.1 Å². The van der Waals surface area contributed by atoms with E-state index in [1.807, 2.05) is 36.4 Å². The molecule has 0 amide bonds. The second kappa shape index (κ2) is 5.25. The molecular weight excluding hydrogens is 284 g/mol. The second-order valence-electron chi connectivity index (χ2n) is 5.61. The highest BCUT2D eigenvalue weighted by molar-refractivity contribution is 6.03. The maximum atomic E-state index is 11.4. The molecule has 0 saturated heterocycles. The van der Waals surface area contributed by atoms with Crippen LogP contribution in [0, 0.1) is 0 Å². The number of carbonyl (C=O) groups is 1. The molecule has 0 aromatic heterocycles. The van der Waals surface area contributed by atoms with Gasteiger partial charge in [0, 0.05) is 0 Å². The molecule has 0 saturated carbocycles. The fourth-order valence-electron chi connectivity index (χ4n) is 3.03. The van der Waals surface area contributed by atoms with E-state index in [2.05, 4.69) is 30.3 Å². The van der Waals surface area contributed by atoms with Crippen molar-refractivity contribution in [2.24, 2.45) is 0 Å². The van der Waals surface area contributed by atoms with Crippen LogP contribution in [0.2, 0.25) is 0 Å². The number of fused-ring (bicyclic) bond motifs is 2. The molecule has 0 spiro atoms. The third kappa shape index (κ3) is 2.34. The smallest absolute Gasteiger partial charge is 0.335 e. The van der Waals surface area contributed by atoms with Gasteiger partial charge in [0.2, 0.25) is 0 Å². The molecule has 0 fully saturated rings. The molecule has 4 aromatic rings. The monoisotopic (exact) mass is 298 g/mol. The predicted octanol–water partition coefficient (Wildman–Crippen LogP) is 5.36. The number of carboxylic acids is 1. The maximum Gasteiger partial charge on any atom is 0.335 e. The van der Waals surface area contributed by atoms with Crippen molar-refractivity contribution in [1.29, 1.82) is 0 Å². The SMILES string of the molecule is O=C(O)c1cc(-c2ccc3ccccc3c2)c2ccccc2c1. The minimum atomic E-state index is -0.905. The Morgan fingerprint density at radius 2 is 1.39 bits per heavy atom. The van der Waals surface area contributed by atoms with Crippen LogP contribution in [-0.2, 0) is 0 Å². The Bertz CT molecular complexity index is 1050. The Morgan fingerprint density at radius 3 is 2.17 bits per heavy atom. The Hall–Kier alpha value is -3.13. The van der Waals surface area contributed by atoms with Gasteiger partial charge in [0.1, 0.15) is 0 Å². The summed E-state index contributed by atoms with van der Waals surface area (Å²) in [5.41, 5.74) is 2.29. The highest BCUT2D eigenvalue weighted by Gasteiger charge is 2.10. The van der Waals surface area contributed by atoms with E-state index < -0.39 is 5.97 Å². The Balaban J connectivity index is 2.04. The molecular formula is C21H14O2. The average Bonchev–Trinajstić information content (AvgIpc) is 2.60. The highest BCUT2D eigenvalue weighted by Crippen LogP contribution is 2.32. The van der Waals surface area contributed by atoms with Gasteiger partial charge in [-0.3, -0.25) is 0 Å². The quantitative estimate of drug-likeness (QED) is 0.541. The van der Waals surface area contributed by atoms with E-state index in [0.29, 0.717) is 5.56 Å².